The van der Waals surface area contributed by atoms with Gasteiger partial charge in [-0.15, -0.1) is 11.3 Å². The fraction of sp³-hybridized carbons (Fsp3) is 0.273. The number of carbonyl (C=O) groups excluding carboxylic acids is 1. The van der Waals surface area contributed by atoms with Crippen LogP contribution in [0.25, 0.3) is 16.6 Å². The van der Waals surface area contributed by atoms with Crippen molar-refractivity contribution >= 4 is 23.3 Å². The van der Waals surface area contributed by atoms with E-state index in [1.54, 1.807) is 17.4 Å². The smallest absolute Gasteiger partial charge is 0.244 e. The summed E-state index contributed by atoms with van der Waals surface area (Å²) in [6, 6.07) is 14.3. The molecule has 0 aliphatic carbocycles. The number of amides is 1. The van der Waals surface area contributed by atoms with Gasteiger partial charge in [-0.05, 0) is 50.1 Å². The lowest BCUT2D eigenvalue weighted by molar-refractivity contribution is -0.116. The van der Waals surface area contributed by atoms with Gasteiger partial charge in [0.05, 0.1) is 11.4 Å². The summed E-state index contributed by atoms with van der Waals surface area (Å²) >= 11 is 1.65. The van der Waals surface area contributed by atoms with Crippen LogP contribution in [0, 0.1) is 0 Å². The minimum atomic E-state index is -0.0771. The highest BCUT2D eigenvalue weighted by molar-refractivity contribution is 7.13. The van der Waals surface area contributed by atoms with E-state index in [4.69, 9.17) is 5.10 Å². The van der Waals surface area contributed by atoms with Gasteiger partial charge in [-0.1, -0.05) is 36.4 Å². The van der Waals surface area contributed by atoms with E-state index >= 15 is 0 Å². The van der Waals surface area contributed by atoms with E-state index in [0.29, 0.717) is 13.1 Å². The molecule has 0 radical (unpaired) electrons. The number of aromatic nitrogens is 2. The van der Waals surface area contributed by atoms with Gasteiger partial charge in [0.15, 0.2) is 0 Å². The normalized spacial score (nSPS) is 11.4. The van der Waals surface area contributed by atoms with E-state index in [9.17, 15) is 4.79 Å². The van der Waals surface area contributed by atoms with Gasteiger partial charge in [0, 0.05) is 24.4 Å². The topological polar surface area (TPSA) is 50.2 Å². The van der Waals surface area contributed by atoms with E-state index in [1.165, 1.54) is 5.56 Å². The lowest BCUT2D eigenvalue weighted by atomic mass is 10.2. The summed E-state index contributed by atoms with van der Waals surface area (Å²) < 4.78 is 1.93. The van der Waals surface area contributed by atoms with Gasteiger partial charge in [0.1, 0.15) is 5.69 Å². The summed E-state index contributed by atoms with van der Waals surface area (Å²) in [5.41, 5.74) is 3.04. The van der Waals surface area contributed by atoms with E-state index in [-0.39, 0.29) is 5.91 Å². The first-order chi connectivity index (χ1) is 13.6. The number of thiophene rings is 1. The van der Waals surface area contributed by atoms with Crippen molar-refractivity contribution in [2.45, 2.75) is 13.0 Å². The maximum absolute atomic E-state index is 12.1. The Kier molecular flexibility index (Phi) is 7.17. The van der Waals surface area contributed by atoms with Crippen molar-refractivity contribution in [3.63, 3.8) is 0 Å². The van der Waals surface area contributed by atoms with Crippen LogP contribution in [0.3, 0.4) is 0 Å². The first-order valence-corrected chi connectivity index (χ1v) is 10.3. The van der Waals surface area contributed by atoms with E-state index < -0.39 is 0 Å². The molecule has 0 saturated heterocycles. The minimum absolute atomic E-state index is 0.0771. The molecule has 0 fully saturated rings. The van der Waals surface area contributed by atoms with Crippen LogP contribution in [0.4, 0.5) is 0 Å². The highest BCUT2D eigenvalue weighted by Gasteiger charge is 2.11. The molecule has 0 aliphatic heterocycles. The Hall–Kier alpha value is -2.70. The zero-order valence-corrected chi connectivity index (χ0v) is 17.2. The second-order valence-electron chi connectivity index (χ2n) is 6.87. The minimum Gasteiger partial charge on any atom is -0.353 e. The Labute approximate surface area is 170 Å². The van der Waals surface area contributed by atoms with Gasteiger partial charge in [-0.25, -0.2) is 0 Å². The van der Waals surface area contributed by atoms with Crippen molar-refractivity contribution in [2.75, 3.05) is 27.2 Å². The molecule has 1 aromatic carbocycles. The maximum Gasteiger partial charge on any atom is 0.244 e. The van der Waals surface area contributed by atoms with Crippen LogP contribution in [-0.4, -0.2) is 47.8 Å². The van der Waals surface area contributed by atoms with Crippen LogP contribution in [-0.2, 0) is 11.3 Å². The Bertz CT molecular complexity index is 898. The molecule has 0 spiro atoms. The third-order valence-corrected chi connectivity index (χ3v) is 5.10. The molecule has 0 bridgehead atoms. The molecule has 2 heterocycles. The van der Waals surface area contributed by atoms with Crippen LogP contribution in [0.15, 0.2) is 60.1 Å². The Balaban J connectivity index is 1.71. The van der Waals surface area contributed by atoms with Crippen molar-refractivity contribution in [3.8, 4) is 10.6 Å². The molecule has 1 amide bonds. The van der Waals surface area contributed by atoms with Gasteiger partial charge in [-0.2, -0.15) is 5.10 Å². The number of rotatable bonds is 9. The second kappa shape index (κ2) is 10.0. The van der Waals surface area contributed by atoms with Crippen LogP contribution in [0.2, 0.25) is 0 Å². The molecule has 0 atom stereocenters. The first-order valence-electron chi connectivity index (χ1n) is 9.38. The SMILES string of the molecule is CN(C)CCCNC(=O)C=Cc1cn(Cc2ccccc2)nc1-c1cccs1. The number of carbonyl (C=O) groups is 1. The predicted octanol–water partition coefficient (Wildman–Crippen LogP) is 3.74. The summed E-state index contributed by atoms with van der Waals surface area (Å²) in [6.45, 7) is 2.33. The Morgan fingerprint density at radius 1 is 1.21 bits per heavy atom. The van der Waals surface area contributed by atoms with Crippen molar-refractivity contribution in [2.24, 2.45) is 0 Å². The standard InChI is InChI=1S/C22H26N4OS/c1-25(2)14-7-13-23-21(27)12-11-19-17-26(16-18-8-4-3-5-9-18)24-22(19)20-10-6-15-28-20/h3-6,8-12,15,17H,7,13-14,16H2,1-2H3,(H,23,27). The average molecular weight is 395 g/mol. The largest absolute Gasteiger partial charge is 0.353 e. The molecule has 0 unspecified atom stereocenters. The summed E-state index contributed by atoms with van der Waals surface area (Å²) in [5.74, 6) is -0.0771. The molecule has 146 valence electrons. The molecule has 3 aromatic rings. The molecule has 1 N–H and O–H groups in total. The number of nitrogens with one attached hydrogen (secondary N) is 1. The Morgan fingerprint density at radius 2 is 2.04 bits per heavy atom. The molecule has 2 aromatic heterocycles. The molecule has 28 heavy (non-hydrogen) atoms. The molecule has 0 aliphatic rings. The number of hydrogen-bond donors (Lipinski definition) is 1. The predicted molar refractivity (Wildman–Crippen MR) is 116 cm³/mol. The third-order valence-electron chi connectivity index (χ3n) is 4.23. The molecular weight excluding hydrogens is 368 g/mol. The average Bonchev–Trinajstić information content (AvgIpc) is 3.34. The summed E-state index contributed by atoms with van der Waals surface area (Å²) in [7, 11) is 4.06. The summed E-state index contributed by atoms with van der Waals surface area (Å²) in [4.78, 5) is 15.3. The number of hydrogen-bond acceptors (Lipinski definition) is 4. The van der Waals surface area contributed by atoms with Crippen molar-refractivity contribution < 1.29 is 4.79 Å². The summed E-state index contributed by atoms with van der Waals surface area (Å²) in [5, 5.41) is 9.73. The fourth-order valence-electron chi connectivity index (χ4n) is 2.85. The highest BCUT2D eigenvalue weighted by Crippen LogP contribution is 2.27. The maximum atomic E-state index is 12.1. The monoisotopic (exact) mass is 394 g/mol. The van der Waals surface area contributed by atoms with Crippen LogP contribution < -0.4 is 5.32 Å². The lowest BCUT2D eigenvalue weighted by Crippen LogP contribution is -2.25. The Morgan fingerprint density at radius 3 is 2.75 bits per heavy atom. The summed E-state index contributed by atoms with van der Waals surface area (Å²) in [6.07, 6.45) is 6.38. The second-order valence-corrected chi connectivity index (χ2v) is 7.82. The van der Waals surface area contributed by atoms with Crippen LogP contribution in [0.1, 0.15) is 17.5 Å². The van der Waals surface area contributed by atoms with Crippen molar-refractivity contribution in [1.29, 1.82) is 0 Å². The van der Waals surface area contributed by atoms with Crippen molar-refractivity contribution in [1.82, 2.24) is 20.0 Å². The van der Waals surface area contributed by atoms with Gasteiger partial charge in [0.2, 0.25) is 5.91 Å². The van der Waals surface area contributed by atoms with Gasteiger partial charge in [0.25, 0.3) is 0 Å². The highest BCUT2D eigenvalue weighted by atomic mass is 32.1. The number of benzene rings is 1. The van der Waals surface area contributed by atoms with Crippen molar-refractivity contribution in [3.05, 3.63) is 71.2 Å². The van der Waals surface area contributed by atoms with Gasteiger partial charge < -0.3 is 10.2 Å². The molecule has 6 heteroatoms. The van der Waals surface area contributed by atoms with Crippen LogP contribution >= 0.6 is 11.3 Å². The fourth-order valence-corrected chi connectivity index (χ4v) is 3.58. The van der Waals surface area contributed by atoms with Gasteiger partial charge in [-0.3, -0.25) is 9.48 Å². The zero-order valence-electron chi connectivity index (χ0n) is 16.3. The van der Waals surface area contributed by atoms with E-state index in [2.05, 4.69) is 28.4 Å². The van der Waals surface area contributed by atoms with E-state index in [1.807, 2.05) is 60.7 Å². The lowest BCUT2D eigenvalue weighted by Gasteiger charge is -2.08. The molecule has 5 nitrogen and oxygen atoms in total. The van der Waals surface area contributed by atoms with E-state index in [0.717, 1.165) is 29.1 Å². The van der Waals surface area contributed by atoms with Gasteiger partial charge >= 0.3 is 0 Å². The van der Waals surface area contributed by atoms with Crippen LogP contribution in [0.5, 0.6) is 0 Å². The first kappa shape index (κ1) is 20.0. The third kappa shape index (κ3) is 5.90. The quantitative estimate of drug-likeness (QED) is 0.444. The molecular formula is C22H26N4OS. The number of nitrogens with zero attached hydrogens (tertiary/aromatic N) is 3. The zero-order chi connectivity index (χ0) is 19.8. The molecule has 3 rings (SSSR count). The molecule has 0 saturated carbocycles.